The molecule has 0 unspecified atom stereocenters. The lowest BCUT2D eigenvalue weighted by molar-refractivity contribution is 0.311. The van der Waals surface area contributed by atoms with Crippen molar-refractivity contribution in [3.8, 4) is 11.5 Å². The highest BCUT2D eigenvalue weighted by molar-refractivity contribution is 9.10. The van der Waals surface area contributed by atoms with Crippen LogP contribution in [0.25, 0.3) is 10.9 Å². The molecule has 3 aromatic rings. The number of methoxy groups -OCH3 is 1. The average molecular weight is 530 g/mol. The van der Waals surface area contributed by atoms with E-state index in [0.717, 1.165) is 4.47 Å². The summed E-state index contributed by atoms with van der Waals surface area (Å²) in [4.78, 5) is 17.3. The van der Waals surface area contributed by atoms with Crippen molar-refractivity contribution in [1.82, 2.24) is 9.66 Å². The lowest BCUT2D eigenvalue weighted by atomic mass is 10.2. The first-order valence-corrected chi connectivity index (χ1v) is 10.3. The molecule has 9 heteroatoms. The molecule has 6 nitrogen and oxygen atoms in total. The zero-order chi connectivity index (χ0) is 20.4. The Morgan fingerprint density at radius 2 is 2.07 bits per heavy atom. The van der Waals surface area contributed by atoms with Crippen LogP contribution in [-0.2, 0) is 0 Å². The maximum Gasteiger partial charge on any atom is 0.282 e. The number of rotatable bonds is 5. The van der Waals surface area contributed by atoms with Crippen molar-refractivity contribution in [2.24, 2.45) is 5.10 Å². The molecule has 0 bridgehead atoms. The lowest BCUT2D eigenvalue weighted by Gasteiger charge is -2.14. The quantitative estimate of drug-likeness (QED) is 0.428. The lowest BCUT2D eigenvalue weighted by Crippen LogP contribution is -2.20. The number of benzene rings is 2. The average Bonchev–Trinajstić information content (AvgIpc) is 2.66. The Morgan fingerprint density at radius 1 is 1.32 bits per heavy atom. The normalized spacial score (nSPS) is 11.4. The molecule has 0 aliphatic carbocycles. The van der Waals surface area contributed by atoms with Gasteiger partial charge >= 0.3 is 0 Å². The second-order valence-corrected chi connectivity index (χ2v) is 7.83. The van der Waals surface area contributed by atoms with Crippen molar-refractivity contribution in [2.45, 2.75) is 13.8 Å². The first-order valence-electron chi connectivity index (χ1n) is 8.29. The summed E-state index contributed by atoms with van der Waals surface area (Å²) in [6, 6.07) is 7.10. The second kappa shape index (κ2) is 8.63. The number of hydrogen-bond donors (Lipinski definition) is 0. The third-order valence-electron chi connectivity index (χ3n) is 3.94. The summed E-state index contributed by atoms with van der Waals surface area (Å²) in [5.41, 5.74) is 0.986. The topological polar surface area (TPSA) is 65.7 Å². The highest BCUT2D eigenvalue weighted by atomic mass is 79.9. The molecule has 0 spiro atoms. The molecular formula is C19H16Br2ClN3O3. The number of ether oxygens (including phenoxy) is 2. The van der Waals surface area contributed by atoms with Crippen molar-refractivity contribution in [3.63, 3.8) is 0 Å². The molecule has 0 amide bonds. The molecule has 0 fully saturated rings. The first kappa shape index (κ1) is 20.8. The summed E-state index contributed by atoms with van der Waals surface area (Å²) < 4.78 is 13.5. The fourth-order valence-electron chi connectivity index (χ4n) is 2.67. The highest BCUT2D eigenvalue weighted by Gasteiger charge is 2.16. The van der Waals surface area contributed by atoms with Gasteiger partial charge in [-0.2, -0.15) is 9.78 Å². The fourth-order valence-corrected chi connectivity index (χ4v) is 3.70. The van der Waals surface area contributed by atoms with Crippen LogP contribution < -0.4 is 15.0 Å². The summed E-state index contributed by atoms with van der Waals surface area (Å²) in [6.45, 7) is 4.04. The van der Waals surface area contributed by atoms with Gasteiger partial charge in [-0.1, -0.05) is 27.5 Å². The van der Waals surface area contributed by atoms with Crippen molar-refractivity contribution in [1.29, 1.82) is 0 Å². The number of aromatic nitrogens is 2. The molecule has 0 aliphatic heterocycles. The van der Waals surface area contributed by atoms with Gasteiger partial charge < -0.3 is 9.47 Å². The van der Waals surface area contributed by atoms with E-state index in [1.165, 1.54) is 18.0 Å². The van der Waals surface area contributed by atoms with Crippen molar-refractivity contribution < 1.29 is 9.47 Å². The van der Waals surface area contributed by atoms with Crippen LogP contribution in [0.5, 0.6) is 11.5 Å². The SMILES string of the molecule is CCOc1cc(C=Nn2c(C)nc3ccc(Br)cc3c2=O)c(Br)c(Cl)c1OC. The minimum Gasteiger partial charge on any atom is -0.491 e. The van der Waals surface area contributed by atoms with Gasteiger partial charge in [-0.25, -0.2) is 4.98 Å². The van der Waals surface area contributed by atoms with Gasteiger partial charge in [0.05, 0.1) is 30.8 Å². The maximum absolute atomic E-state index is 12.9. The predicted octanol–water partition coefficient (Wildman–Crippen LogP) is 5.17. The van der Waals surface area contributed by atoms with E-state index < -0.39 is 0 Å². The molecule has 3 rings (SSSR count). The second-order valence-electron chi connectivity index (χ2n) is 5.74. The predicted molar refractivity (Wildman–Crippen MR) is 118 cm³/mol. The van der Waals surface area contributed by atoms with E-state index >= 15 is 0 Å². The van der Waals surface area contributed by atoms with E-state index in [2.05, 4.69) is 41.9 Å². The van der Waals surface area contributed by atoms with Gasteiger partial charge in [0.1, 0.15) is 10.8 Å². The molecule has 2 aromatic carbocycles. The van der Waals surface area contributed by atoms with E-state index in [0.29, 0.717) is 49.9 Å². The molecule has 0 saturated carbocycles. The zero-order valence-corrected chi connectivity index (χ0v) is 19.2. The molecule has 0 radical (unpaired) electrons. The van der Waals surface area contributed by atoms with Gasteiger partial charge in [0.2, 0.25) is 0 Å². The largest absolute Gasteiger partial charge is 0.491 e. The van der Waals surface area contributed by atoms with Crippen LogP contribution in [0.1, 0.15) is 18.3 Å². The van der Waals surface area contributed by atoms with Crippen LogP contribution in [0, 0.1) is 6.92 Å². The molecule has 0 aliphatic rings. The minimum atomic E-state index is -0.263. The Labute approximate surface area is 183 Å². The van der Waals surface area contributed by atoms with Gasteiger partial charge in [-0.05, 0) is 54.0 Å². The van der Waals surface area contributed by atoms with Gasteiger partial charge in [0, 0.05) is 14.5 Å². The number of nitrogens with zero attached hydrogens (tertiary/aromatic N) is 3. The molecule has 0 atom stereocenters. The number of hydrogen-bond acceptors (Lipinski definition) is 5. The number of fused-ring (bicyclic) bond motifs is 1. The van der Waals surface area contributed by atoms with Crippen LogP contribution in [0.2, 0.25) is 5.02 Å². The van der Waals surface area contributed by atoms with Crippen molar-refractivity contribution in [2.75, 3.05) is 13.7 Å². The zero-order valence-electron chi connectivity index (χ0n) is 15.3. The maximum atomic E-state index is 12.9. The summed E-state index contributed by atoms with van der Waals surface area (Å²) in [7, 11) is 1.52. The summed E-state index contributed by atoms with van der Waals surface area (Å²) >= 11 is 13.2. The minimum absolute atomic E-state index is 0.263. The third-order valence-corrected chi connectivity index (χ3v) is 5.88. The summed E-state index contributed by atoms with van der Waals surface area (Å²) in [6.07, 6.45) is 1.53. The number of aryl methyl sites for hydroxylation is 1. The first-order chi connectivity index (χ1) is 13.4. The van der Waals surface area contributed by atoms with Gasteiger partial charge in [0.15, 0.2) is 11.5 Å². The Balaban J connectivity index is 2.13. The monoisotopic (exact) mass is 527 g/mol. The Kier molecular flexibility index (Phi) is 6.42. The van der Waals surface area contributed by atoms with Crippen LogP contribution in [0.4, 0.5) is 0 Å². The smallest absolute Gasteiger partial charge is 0.282 e. The molecule has 146 valence electrons. The third kappa shape index (κ3) is 3.94. The van der Waals surface area contributed by atoms with E-state index in [4.69, 9.17) is 21.1 Å². The summed E-state index contributed by atoms with van der Waals surface area (Å²) in [5, 5.41) is 5.16. The van der Waals surface area contributed by atoms with Gasteiger partial charge in [0.25, 0.3) is 5.56 Å². The summed E-state index contributed by atoms with van der Waals surface area (Å²) in [5.74, 6) is 1.39. The fraction of sp³-hybridized carbons (Fsp3) is 0.211. The Morgan fingerprint density at radius 3 is 2.75 bits per heavy atom. The Hall–Kier alpha value is -1.90. The van der Waals surface area contributed by atoms with Crippen LogP contribution in [-0.4, -0.2) is 29.6 Å². The van der Waals surface area contributed by atoms with Crippen LogP contribution >= 0.6 is 43.5 Å². The van der Waals surface area contributed by atoms with Crippen LogP contribution in [0.3, 0.4) is 0 Å². The van der Waals surface area contributed by atoms with E-state index in [-0.39, 0.29) is 5.56 Å². The molecule has 28 heavy (non-hydrogen) atoms. The number of halogens is 3. The van der Waals surface area contributed by atoms with E-state index in [1.54, 1.807) is 25.1 Å². The molecular weight excluding hydrogens is 513 g/mol. The molecule has 0 N–H and O–H groups in total. The van der Waals surface area contributed by atoms with Gasteiger partial charge in [-0.3, -0.25) is 4.79 Å². The highest BCUT2D eigenvalue weighted by Crippen LogP contribution is 2.42. The van der Waals surface area contributed by atoms with Crippen molar-refractivity contribution >= 4 is 60.6 Å². The van der Waals surface area contributed by atoms with Crippen molar-refractivity contribution in [3.05, 3.63) is 60.0 Å². The molecule has 1 heterocycles. The Bertz CT molecular complexity index is 1150. The molecule has 1 aromatic heterocycles. The van der Waals surface area contributed by atoms with E-state index in [9.17, 15) is 4.79 Å². The van der Waals surface area contributed by atoms with Crippen LogP contribution in [0.15, 0.2) is 43.1 Å². The molecule has 0 saturated heterocycles. The standard InChI is InChI=1S/C19H16Br2ClN3O3/c1-4-28-15-7-11(16(21)17(22)18(15)27-3)9-23-25-10(2)24-14-6-5-12(20)8-13(14)19(25)26/h5-9H,4H2,1-3H3. The van der Waals surface area contributed by atoms with Gasteiger partial charge in [-0.15, -0.1) is 0 Å². The van der Waals surface area contributed by atoms with E-state index in [1.807, 2.05) is 13.0 Å².